The fraction of sp³-hybridized carbons (Fsp3) is 0.364. The second-order valence-corrected chi connectivity index (χ2v) is 7.00. The molecule has 0 saturated carbocycles. The van der Waals surface area contributed by atoms with E-state index in [2.05, 4.69) is 15.4 Å². The second kappa shape index (κ2) is 9.27. The molecule has 0 saturated heterocycles. The number of benzene rings is 1. The lowest BCUT2D eigenvalue weighted by atomic mass is 10.00. The highest BCUT2D eigenvalue weighted by Crippen LogP contribution is 2.30. The molecule has 0 aliphatic heterocycles. The standard InChI is InChI=1S/C22H25N5O3/c1-14-18(15(2)25-21-20(14)22(29-4)26-27(21)3)8-9-19(28)24-13-16-6-5-7-17(12-16)30-11-10-23/h5-7,12H,8-9,11,13H2,1-4H3,(H,24,28). The van der Waals surface area contributed by atoms with E-state index in [4.69, 9.17) is 14.7 Å². The maximum absolute atomic E-state index is 12.4. The fourth-order valence-corrected chi connectivity index (χ4v) is 3.50. The minimum absolute atomic E-state index is 0.00534. The predicted molar refractivity (Wildman–Crippen MR) is 112 cm³/mol. The summed E-state index contributed by atoms with van der Waals surface area (Å²) in [5, 5.41) is 16.8. The summed E-state index contributed by atoms with van der Waals surface area (Å²) >= 11 is 0. The fourth-order valence-electron chi connectivity index (χ4n) is 3.50. The van der Waals surface area contributed by atoms with Crippen LogP contribution in [0.3, 0.4) is 0 Å². The predicted octanol–water partition coefficient (Wildman–Crippen LogP) is 2.75. The Kier molecular flexibility index (Phi) is 6.52. The highest BCUT2D eigenvalue weighted by atomic mass is 16.5. The first-order valence-electron chi connectivity index (χ1n) is 9.66. The number of carbonyl (C=O) groups is 1. The van der Waals surface area contributed by atoms with Crippen LogP contribution >= 0.6 is 0 Å². The van der Waals surface area contributed by atoms with Crippen LogP contribution in [-0.2, 0) is 24.8 Å². The molecule has 1 amide bonds. The summed E-state index contributed by atoms with van der Waals surface area (Å²) in [6.07, 6.45) is 0.928. The molecule has 0 unspecified atom stereocenters. The van der Waals surface area contributed by atoms with Gasteiger partial charge in [0.05, 0.1) is 12.5 Å². The highest BCUT2D eigenvalue weighted by molar-refractivity contribution is 5.86. The zero-order chi connectivity index (χ0) is 21.7. The third-order valence-electron chi connectivity index (χ3n) is 5.01. The van der Waals surface area contributed by atoms with Crippen LogP contribution in [0.2, 0.25) is 0 Å². The number of rotatable bonds is 8. The lowest BCUT2D eigenvalue weighted by molar-refractivity contribution is -0.121. The average Bonchev–Trinajstić information content (AvgIpc) is 3.06. The first-order chi connectivity index (χ1) is 14.4. The van der Waals surface area contributed by atoms with Crippen LogP contribution in [0.25, 0.3) is 11.0 Å². The average molecular weight is 407 g/mol. The molecule has 1 N–H and O–H groups in total. The van der Waals surface area contributed by atoms with Gasteiger partial charge >= 0.3 is 0 Å². The summed E-state index contributed by atoms with van der Waals surface area (Å²) in [5.74, 6) is 1.11. The van der Waals surface area contributed by atoms with E-state index in [1.54, 1.807) is 17.9 Å². The number of pyridine rings is 1. The minimum atomic E-state index is -0.0459. The van der Waals surface area contributed by atoms with Gasteiger partial charge in [-0.05, 0) is 49.1 Å². The molecule has 0 bridgehead atoms. The molecule has 0 atom stereocenters. The van der Waals surface area contributed by atoms with Crippen LogP contribution in [0.1, 0.15) is 28.8 Å². The molecule has 3 rings (SSSR count). The van der Waals surface area contributed by atoms with E-state index in [1.165, 1.54) is 0 Å². The van der Waals surface area contributed by atoms with Crippen molar-refractivity contribution in [3.8, 4) is 17.7 Å². The van der Waals surface area contributed by atoms with Gasteiger partial charge in [-0.25, -0.2) is 9.67 Å². The van der Waals surface area contributed by atoms with Gasteiger partial charge in [0.25, 0.3) is 0 Å². The third-order valence-corrected chi connectivity index (χ3v) is 5.01. The topological polar surface area (TPSA) is 102 Å². The Morgan fingerprint density at radius 2 is 2.13 bits per heavy atom. The third kappa shape index (κ3) is 4.51. The molecule has 0 radical (unpaired) electrons. The van der Waals surface area contributed by atoms with Crippen molar-refractivity contribution in [2.24, 2.45) is 7.05 Å². The first kappa shape index (κ1) is 21.1. The first-order valence-corrected chi connectivity index (χ1v) is 9.66. The Morgan fingerprint density at radius 1 is 1.33 bits per heavy atom. The number of nitrogens with one attached hydrogen (secondary N) is 1. The van der Waals surface area contributed by atoms with Gasteiger partial charge in [-0.3, -0.25) is 4.79 Å². The van der Waals surface area contributed by atoms with Gasteiger partial charge < -0.3 is 14.8 Å². The van der Waals surface area contributed by atoms with E-state index in [0.717, 1.165) is 33.4 Å². The van der Waals surface area contributed by atoms with E-state index in [-0.39, 0.29) is 12.5 Å². The number of hydrogen-bond donors (Lipinski definition) is 1. The normalized spacial score (nSPS) is 10.6. The molecule has 156 valence electrons. The number of aromatic nitrogens is 3. The lowest BCUT2D eigenvalue weighted by Crippen LogP contribution is -2.23. The summed E-state index contributed by atoms with van der Waals surface area (Å²) in [5.41, 5.74) is 4.65. The van der Waals surface area contributed by atoms with E-state index in [0.29, 0.717) is 31.0 Å². The molecule has 1 aromatic carbocycles. The smallest absolute Gasteiger partial charge is 0.242 e. The Labute approximate surface area is 175 Å². The van der Waals surface area contributed by atoms with E-state index in [1.807, 2.05) is 45.2 Å². The molecule has 0 spiro atoms. The Balaban J connectivity index is 1.65. The summed E-state index contributed by atoms with van der Waals surface area (Å²) in [7, 11) is 3.43. The molecule has 8 heteroatoms. The molecule has 0 aliphatic rings. The maximum Gasteiger partial charge on any atom is 0.242 e. The van der Waals surface area contributed by atoms with Crippen molar-refractivity contribution in [1.82, 2.24) is 20.1 Å². The van der Waals surface area contributed by atoms with Crippen LogP contribution in [0.4, 0.5) is 0 Å². The van der Waals surface area contributed by atoms with E-state index < -0.39 is 0 Å². The number of fused-ring (bicyclic) bond motifs is 1. The summed E-state index contributed by atoms with van der Waals surface area (Å²) in [4.78, 5) is 17.1. The van der Waals surface area contributed by atoms with Crippen molar-refractivity contribution in [3.05, 3.63) is 46.6 Å². The molecule has 30 heavy (non-hydrogen) atoms. The van der Waals surface area contributed by atoms with Crippen molar-refractivity contribution >= 4 is 16.9 Å². The van der Waals surface area contributed by atoms with Gasteiger partial charge in [0.15, 0.2) is 12.3 Å². The van der Waals surface area contributed by atoms with Crippen LogP contribution in [-0.4, -0.2) is 34.4 Å². The van der Waals surface area contributed by atoms with Gasteiger partial charge in [0.2, 0.25) is 11.8 Å². The Morgan fingerprint density at radius 3 is 2.87 bits per heavy atom. The molecular weight excluding hydrogens is 382 g/mol. The number of carbonyl (C=O) groups excluding carboxylic acids is 1. The summed E-state index contributed by atoms with van der Waals surface area (Å²) in [6, 6.07) is 9.28. The van der Waals surface area contributed by atoms with Crippen molar-refractivity contribution in [1.29, 1.82) is 5.26 Å². The zero-order valence-corrected chi connectivity index (χ0v) is 17.7. The Hall–Kier alpha value is -3.60. The summed E-state index contributed by atoms with van der Waals surface area (Å²) < 4.78 is 12.4. The van der Waals surface area contributed by atoms with Gasteiger partial charge in [0.1, 0.15) is 11.8 Å². The minimum Gasteiger partial charge on any atom is -0.479 e. The summed E-state index contributed by atoms with van der Waals surface area (Å²) in [6.45, 7) is 4.36. The second-order valence-electron chi connectivity index (χ2n) is 7.00. The number of ether oxygens (including phenoxy) is 2. The number of aryl methyl sites for hydroxylation is 3. The van der Waals surface area contributed by atoms with Crippen LogP contribution in [0.15, 0.2) is 24.3 Å². The SMILES string of the molecule is COc1nn(C)c2nc(C)c(CCC(=O)NCc3cccc(OCC#N)c3)c(C)c12. The van der Waals surface area contributed by atoms with Crippen molar-refractivity contribution < 1.29 is 14.3 Å². The Bertz CT molecular complexity index is 1110. The van der Waals surface area contributed by atoms with Gasteiger partial charge in [-0.15, -0.1) is 5.10 Å². The molecule has 2 aromatic heterocycles. The molecule has 3 aromatic rings. The largest absolute Gasteiger partial charge is 0.479 e. The highest BCUT2D eigenvalue weighted by Gasteiger charge is 2.18. The zero-order valence-electron chi connectivity index (χ0n) is 17.7. The molecular formula is C22H25N5O3. The number of methoxy groups -OCH3 is 1. The molecule has 0 aliphatic carbocycles. The van der Waals surface area contributed by atoms with E-state index in [9.17, 15) is 4.79 Å². The van der Waals surface area contributed by atoms with Crippen LogP contribution in [0.5, 0.6) is 11.6 Å². The molecule has 2 heterocycles. The van der Waals surface area contributed by atoms with Crippen molar-refractivity contribution in [3.63, 3.8) is 0 Å². The van der Waals surface area contributed by atoms with Crippen molar-refractivity contribution in [2.45, 2.75) is 33.2 Å². The molecule has 0 fully saturated rings. The van der Waals surface area contributed by atoms with Crippen molar-refractivity contribution in [2.75, 3.05) is 13.7 Å². The number of nitriles is 1. The van der Waals surface area contributed by atoms with Gasteiger partial charge in [-0.1, -0.05) is 12.1 Å². The maximum atomic E-state index is 12.4. The number of hydrogen-bond acceptors (Lipinski definition) is 6. The quantitative estimate of drug-likeness (QED) is 0.616. The number of nitrogens with zero attached hydrogens (tertiary/aromatic N) is 4. The van der Waals surface area contributed by atoms with Gasteiger partial charge in [-0.2, -0.15) is 5.26 Å². The monoisotopic (exact) mass is 407 g/mol. The van der Waals surface area contributed by atoms with E-state index >= 15 is 0 Å². The number of amides is 1. The van der Waals surface area contributed by atoms with Gasteiger partial charge in [0, 0.05) is 25.7 Å². The molecule has 8 nitrogen and oxygen atoms in total. The van der Waals surface area contributed by atoms with Crippen LogP contribution in [0, 0.1) is 25.2 Å². The van der Waals surface area contributed by atoms with Crippen LogP contribution < -0.4 is 14.8 Å². The lowest BCUT2D eigenvalue weighted by Gasteiger charge is -2.12.